The SMILES string of the molecule is [2H]c1c([2H])c(C(C([2H])([2H])[2H])(C([2H])([2H])[2H])C([2H])([2H])[2H])c([2H])c([2H])c1-c1ccnc(-c2cc(-c3ccccc3)cc(-c3cccc4c3nc(-c3ccccc3O)n4-c3cc(-c4ccccc4)c(C([2H])([2H])[2H])cc3-c3ccccc3)c2)c1. The lowest BCUT2D eigenvalue weighted by Gasteiger charge is -2.19. The first-order chi connectivity index (χ1) is 37.3. The fraction of sp³-hybridized carbons (Fsp3) is 0.0847. The van der Waals surface area contributed by atoms with E-state index in [-0.39, 0.29) is 22.4 Å². The Bertz CT molecular complexity index is 3900. The molecular formula is C59H47N3O. The number of hydrogen-bond donors (Lipinski definition) is 1. The minimum Gasteiger partial charge on any atom is -0.507 e. The number of aromatic nitrogens is 3. The Morgan fingerprint density at radius 3 is 1.84 bits per heavy atom. The van der Waals surface area contributed by atoms with Crippen LogP contribution in [0.2, 0.25) is 0 Å². The number of fused-ring (bicyclic) bond motifs is 1. The minimum atomic E-state index is -3.84. The van der Waals surface area contributed by atoms with Crippen LogP contribution in [0.5, 0.6) is 5.75 Å². The Hall–Kier alpha value is -7.82. The number of hydrogen-bond acceptors (Lipinski definition) is 3. The van der Waals surface area contributed by atoms with Gasteiger partial charge in [-0.2, -0.15) is 0 Å². The first kappa shape index (κ1) is 25.2. The van der Waals surface area contributed by atoms with Crippen LogP contribution in [0.3, 0.4) is 0 Å². The van der Waals surface area contributed by atoms with Crippen molar-refractivity contribution in [3.63, 3.8) is 0 Å². The molecule has 10 rings (SSSR count). The molecule has 0 fully saturated rings. The third-order valence-electron chi connectivity index (χ3n) is 11.1. The number of aryl methyl sites for hydroxylation is 1. The molecule has 0 amide bonds. The molecule has 0 saturated heterocycles. The molecule has 63 heavy (non-hydrogen) atoms. The number of benzene rings is 8. The van der Waals surface area contributed by atoms with E-state index < -0.39 is 62.6 Å². The van der Waals surface area contributed by atoms with E-state index in [9.17, 15) is 5.11 Å². The summed E-state index contributed by atoms with van der Waals surface area (Å²) in [5.41, 5.74) is 3.07. The highest BCUT2D eigenvalue weighted by molar-refractivity contribution is 5.99. The molecular weight excluding hydrogens is 767 g/mol. The highest BCUT2D eigenvalue weighted by atomic mass is 16.3. The molecule has 4 heteroatoms. The smallest absolute Gasteiger partial charge is 0.149 e. The zero-order chi connectivity index (χ0) is 56.6. The minimum absolute atomic E-state index is 0.0499. The maximum atomic E-state index is 11.6. The van der Waals surface area contributed by atoms with Crippen molar-refractivity contribution in [3.8, 4) is 89.7 Å². The van der Waals surface area contributed by atoms with Crippen LogP contribution in [0.1, 0.15) is 53.6 Å². The quantitative estimate of drug-likeness (QED) is 0.166. The zero-order valence-electron chi connectivity index (χ0n) is 49.6. The molecule has 0 aliphatic carbocycles. The molecule has 0 radical (unpaired) electrons. The fourth-order valence-corrected chi connectivity index (χ4v) is 8.01. The second kappa shape index (κ2) is 16.2. The lowest BCUT2D eigenvalue weighted by molar-refractivity contribution is 0.477. The van der Waals surface area contributed by atoms with Gasteiger partial charge >= 0.3 is 0 Å². The molecule has 1 N–H and O–H groups in total. The zero-order valence-corrected chi connectivity index (χ0v) is 33.6. The summed E-state index contributed by atoms with van der Waals surface area (Å²) in [6.07, 6.45) is 1.39. The van der Waals surface area contributed by atoms with Gasteiger partial charge in [0.1, 0.15) is 11.6 Å². The normalized spacial score (nSPS) is 16.1. The van der Waals surface area contributed by atoms with Crippen LogP contribution < -0.4 is 0 Å². The summed E-state index contributed by atoms with van der Waals surface area (Å²) >= 11 is 0. The summed E-state index contributed by atoms with van der Waals surface area (Å²) in [6.45, 7) is -14.0. The van der Waals surface area contributed by atoms with Crippen molar-refractivity contribution < 1.29 is 27.0 Å². The van der Waals surface area contributed by atoms with Gasteiger partial charge in [-0.15, -0.1) is 0 Å². The van der Waals surface area contributed by atoms with Crippen molar-refractivity contribution in [1.82, 2.24) is 14.5 Å². The second-order valence-corrected chi connectivity index (χ2v) is 15.2. The largest absolute Gasteiger partial charge is 0.507 e. The van der Waals surface area contributed by atoms with Crippen LogP contribution in [0.4, 0.5) is 0 Å². The Morgan fingerprint density at radius 2 is 1.14 bits per heavy atom. The number of aromatic hydroxyl groups is 1. The van der Waals surface area contributed by atoms with Crippen LogP contribution in [-0.4, -0.2) is 19.6 Å². The average molecular weight is 830 g/mol. The number of para-hydroxylation sites is 2. The van der Waals surface area contributed by atoms with E-state index in [1.165, 1.54) is 18.3 Å². The van der Waals surface area contributed by atoms with E-state index in [0.29, 0.717) is 67.2 Å². The molecule has 2 aromatic heterocycles. The standard InChI is InChI=1S/C59H47N3O/c1-39-33-52(43-21-12-7-13-22-43)55(38-51(39)42-19-10-6-11-20-42)62-54-25-16-24-49(57(54)61-58(62)50-23-14-15-26-56(50)63)46-34-45(40-17-8-5-9-18-40)35-47(36-46)53-37-44(31-32-60-53)41-27-29-48(30-28-41)59(2,3)4/h5-38,63H,1-4H3/i1D3,2D3,3D3,4D3,27D,28D,29D,30D. The Kier molecular flexibility index (Phi) is 6.49. The molecule has 10 aromatic rings. The number of pyridine rings is 1. The molecule has 8 aromatic carbocycles. The summed E-state index contributed by atoms with van der Waals surface area (Å²) in [6, 6.07) is 49.0. The third kappa shape index (κ3) is 7.62. The summed E-state index contributed by atoms with van der Waals surface area (Å²) in [7, 11) is 0. The van der Waals surface area contributed by atoms with Crippen LogP contribution in [0, 0.1) is 6.85 Å². The monoisotopic (exact) mass is 829 g/mol. The Morgan fingerprint density at radius 1 is 0.508 bits per heavy atom. The molecule has 0 aliphatic heterocycles. The van der Waals surface area contributed by atoms with Gasteiger partial charge in [-0.3, -0.25) is 9.55 Å². The van der Waals surface area contributed by atoms with Crippen LogP contribution in [0.15, 0.2) is 206 Å². The predicted octanol–water partition coefficient (Wildman–Crippen LogP) is 15.4. The number of phenolic OH excluding ortho intramolecular Hbond substituents is 1. The van der Waals surface area contributed by atoms with Crippen molar-refractivity contribution in [3.05, 3.63) is 217 Å². The third-order valence-corrected chi connectivity index (χ3v) is 11.1. The van der Waals surface area contributed by atoms with Gasteiger partial charge in [-0.05, 0) is 129 Å². The van der Waals surface area contributed by atoms with E-state index in [2.05, 4.69) is 0 Å². The van der Waals surface area contributed by atoms with Crippen molar-refractivity contribution in [1.29, 1.82) is 0 Å². The van der Waals surface area contributed by atoms with Crippen LogP contribution >= 0.6 is 0 Å². The number of imidazole rings is 1. The first-order valence-electron chi connectivity index (χ1n) is 28.2. The molecule has 0 bridgehead atoms. The van der Waals surface area contributed by atoms with E-state index in [0.717, 1.165) is 16.7 Å². The topological polar surface area (TPSA) is 50.9 Å². The van der Waals surface area contributed by atoms with Crippen molar-refractivity contribution in [2.24, 2.45) is 0 Å². The van der Waals surface area contributed by atoms with E-state index in [1.54, 1.807) is 30.3 Å². The molecule has 0 aliphatic rings. The lowest BCUT2D eigenvalue weighted by Crippen LogP contribution is -2.10. The van der Waals surface area contributed by atoms with Gasteiger partial charge in [0.25, 0.3) is 0 Å². The molecule has 2 heterocycles. The van der Waals surface area contributed by atoms with Crippen molar-refractivity contribution in [2.75, 3.05) is 0 Å². The fourth-order valence-electron chi connectivity index (χ4n) is 8.01. The summed E-state index contributed by atoms with van der Waals surface area (Å²) in [5.74, 6) is 0.304. The van der Waals surface area contributed by atoms with Crippen LogP contribution in [0.25, 0.3) is 95.0 Å². The van der Waals surface area contributed by atoms with Gasteiger partial charge in [-0.1, -0.05) is 160 Å². The number of phenols is 1. The molecule has 4 nitrogen and oxygen atoms in total. The number of nitrogens with zero attached hydrogens (tertiary/aromatic N) is 3. The molecule has 0 saturated carbocycles. The van der Waals surface area contributed by atoms with Gasteiger partial charge in [0, 0.05) is 39.3 Å². The van der Waals surface area contributed by atoms with Crippen molar-refractivity contribution in [2.45, 2.75) is 32.8 Å². The molecule has 304 valence electrons. The summed E-state index contributed by atoms with van der Waals surface area (Å²) < 4.78 is 139. The predicted molar refractivity (Wildman–Crippen MR) is 262 cm³/mol. The van der Waals surface area contributed by atoms with E-state index >= 15 is 0 Å². The summed E-state index contributed by atoms with van der Waals surface area (Å²) in [5, 5.41) is 11.6. The van der Waals surface area contributed by atoms with Gasteiger partial charge < -0.3 is 5.11 Å². The van der Waals surface area contributed by atoms with Crippen LogP contribution in [-0.2, 0) is 5.41 Å². The maximum absolute atomic E-state index is 11.6. The van der Waals surface area contributed by atoms with Crippen molar-refractivity contribution >= 4 is 11.0 Å². The summed E-state index contributed by atoms with van der Waals surface area (Å²) in [4.78, 5) is 10.1. The second-order valence-electron chi connectivity index (χ2n) is 15.2. The lowest BCUT2D eigenvalue weighted by atomic mass is 9.86. The molecule has 0 unspecified atom stereocenters. The molecule has 0 spiro atoms. The average Bonchev–Trinajstić information content (AvgIpc) is 2.81. The highest BCUT2D eigenvalue weighted by Crippen LogP contribution is 2.43. The van der Waals surface area contributed by atoms with E-state index in [4.69, 9.17) is 31.9 Å². The first-order valence-corrected chi connectivity index (χ1v) is 20.2. The number of rotatable bonds is 8. The highest BCUT2D eigenvalue weighted by Gasteiger charge is 2.24. The Balaban J connectivity index is 1.22. The van der Waals surface area contributed by atoms with Gasteiger partial charge in [0.2, 0.25) is 0 Å². The molecule has 0 atom stereocenters. The van der Waals surface area contributed by atoms with Gasteiger partial charge in [0.05, 0.1) is 33.5 Å². The maximum Gasteiger partial charge on any atom is 0.149 e. The van der Waals surface area contributed by atoms with Gasteiger partial charge in [0.15, 0.2) is 0 Å². The Labute approximate surface area is 392 Å². The van der Waals surface area contributed by atoms with Gasteiger partial charge in [-0.25, -0.2) is 4.98 Å². The van der Waals surface area contributed by atoms with E-state index in [1.807, 2.05) is 138 Å².